The van der Waals surface area contributed by atoms with Crippen LogP contribution in [0.25, 0.3) is 0 Å². The molecule has 0 spiro atoms. The molecule has 5 heteroatoms. The van der Waals surface area contributed by atoms with Crippen LogP contribution in [0.3, 0.4) is 0 Å². The molecule has 2 aromatic carbocycles. The Morgan fingerprint density at radius 1 is 1.05 bits per heavy atom. The van der Waals surface area contributed by atoms with E-state index in [9.17, 15) is 10.2 Å². The van der Waals surface area contributed by atoms with Crippen LogP contribution in [0.4, 0.5) is 0 Å². The lowest BCUT2D eigenvalue weighted by Crippen LogP contribution is -2.29. The zero-order valence-corrected chi connectivity index (χ0v) is 12.6. The molecule has 22 heavy (non-hydrogen) atoms. The van der Waals surface area contributed by atoms with Crippen LogP contribution >= 0.6 is 0 Å². The van der Waals surface area contributed by atoms with Crippen LogP contribution in [-0.2, 0) is 6.54 Å². The summed E-state index contributed by atoms with van der Waals surface area (Å²) in [6.45, 7) is 1.36. The molecule has 0 saturated heterocycles. The van der Waals surface area contributed by atoms with Crippen LogP contribution in [0, 0.1) is 0 Å². The Bertz CT molecular complexity index is 699. The van der Waals surface area contributed by atoms with E-state index in [0.717, 1.165) is 23.2 Å². The third-order valence-electron chi connectivity index (χ3n) is 4.13. The topological polar surface area (TPSA) is 71.0 Å². The Morgan fingerprint density at radius 2 is 1.82 bits per heavy atom. The quantitative estimate of drug-likeness (QED) is 0.812. The van der Waals surface area contributed by atoms with Gasteiger partial charge in [-0.15, -0.1) is 0 Å². The number of rotatable bonds is 3. The van der Waals surface area contributed by atoms with Gasteiger partial charge in [-0.3, -0.25) is 0 Å². The zero-order valence-electron chi connectivity index (χ0n) is 12.6. The number of hydrogen-bond acceptors (Lipinski definition) is 5. The molecule has 3 rings (SSSR count). The van der Waals surface area contributed by atoms with E-state index >= 15 is 0 Å². The number of ether oxygens (including phenoxy) is 2. The Labute approximate surface area is 129 Å². The molecular formula is C17H19NO4. The predicted molar refractivity (Wildman–Crippen MR) is 82.9 cm³/mol. The van der Waals surface area contributed by atoms with Crippen molar-refractivity contribution in [1.82, 2.24) is 5.32 Å². The van der Waals surface area contributed by atoms with E-state index in [1.54, 1.807) is 19.2 Å². The standard InChI is InChI=1S/C17H19NO4/c1-21-15-6-4-11-12(8-18-9-13(11)17(15)20)10-3-5-14(19)16(7-10)22-2/h3-7,12,18-20H,8-9H2,1-2H3. The van der Waals surface area contributed by atoms with E-state index in [1.807, 2.05) is 18.2 Å². The Hall–Kier alpha value is -2.40. The first kappa shape index (κ1) is 14.5. The molecule has 1 unspecified atom stereocenters. The van der Waals surface area contributed by atoms with Gasteiger partial charge in [-0.25, -0.2) is 0 Å². The summed E-state index contributed by atoms with van der Waals surface area (Å²) in [6, 6.07) is 9.10. The minimum Gasteiger partial charge on any atom is -0.504 e. The molecule has 1 atom stereocenters. The van der Waals surface area contributed by atoms with Gasteiger partial charge in [-0.1, -0.05) is 12.1 Å². The number of aromatic hydroxyl groups is 2. The molecule has 0 aromatic heterocycles. The molecule has 0 aliphatic carbocycles. The van der Waals surface area contributed by atoms with E-state index in [-0.39, 0.29) is 17.4 Å². The fourth-order valence-corrected chi connectivity index (χ4v) is 2.97. The number of phenolic OH excluding ortho intramolecular Hbond substituents is 2. The van der Waals surface area contributed by atoms with Crippen molar-refractivity contribution in [2.45, 2.75) is 12.5 Å². The van der Waals surface area contributed by atoms with Gasteiger partial charge in [-0.2, -0.15) is 0 Å². The monoisotopic (exact) mass is 301 g/mol. The van der Waals surface area contributed by atoms with Crippen molar-refractivity contribution in [3.63, 3.8) is 0 Å². The Balaban J connectivity index is 2.07. The maximum absolute atomic E-state index is 10.3. The number of nitrogens with one attached hydrogen (secondary N) is 1. The maximum atomic E-state index is 10.3. The first-order chi connectivity index (χ1) is 10.7. The molecule has 0 radical (unpaired) electrons. The predicted octanol–water partition coefficient (Wildman–Crippen LogP) is 2.35. The second-order valence-electron chi connectivity index (χ2n) is 5.30. The van der Waals surface area contributed by atoms with Crippen LogP contribution < -0.4 is 14.8 Å². The van der Waals surface area contributed by atoms with Gasteiger partial charge in [0.15, 0.2) is 23.0 Å². The Kier molecular flexibility index (Phi) is 3.81. The van der Waals surface area contributed by atoms with Crippen molar-refractivity contribution in [3.8, 4) is 23.0 Å². The first-order valence-corrected chi connectivity index (χ1v) is 7.12. The number of benzene rings is 2. The Morgan fingerprint density at radius 3 is 2.55 bits per heavy atom. The van der Waals surface area contributed by atoms with E-state index in [0.29, 0.717) is 18.0 Å². The molecule has 116 valence electrons. The van der Waals surface area contributed by atoms with E-state index in [1.165, 1.54) is 7.11 Å². The highest BCUT2D eigenvalue weighted by atomic mass is 16.5. The minimum atomic E-state index is 0.0788. The molecule has 2 aromatic rings. The van der Waals surface area contributed by atoms with Crippen molar-refractivity contribution in [2.24, 2.45) is 0 Å². The lowest BCUT2D eigenvalue weighted by molar-refractivity contribution is 0.366. The zero-order chi connectivity index (χ0) is 15.7. The van der Waals surface area contributed by atoms with E-state index < -0.39 is 0 Å². The van der Waals surface area contributed by atoms with E-state index in [2.05, 4.69) is 5.32 Å². The third kappa shape index (κ3) is 2.33. The summed E-state index contributed by atoms with van der Waals surface area (Å²) >= 11 is 0. The molecular weight excluding hydrogens is 282 g/mol. The molecule has 5 nitrogen and oxygen atoms in total. The first-order valence-electron chi connectivity index (χ1n) is 7.12. The number of hydrogen-bond donors (Lipinski definition) is 3. The summed E-state index contributed by atoms with van der Waals surface area (Å²) in [7, 11) is 3.07. The van der Waals surface area contributed by atoms with E-state index in [4.69, 9.17) is 9.47 Å². The highest BCUT2D eigenvalue weighted by molar-refractivity contribution is 5.55. The van der Waals surface area contributed by atoms with Crippen molar-refractivity contribution in [3.05, 3.63) is 47.0 Å². The van der Waals surface area contributed by atoms with Gasteiger partial charge in [-0.05, 0) is 29.3 Å². The second kappa shape index (κ2) is 5.77. The fourth-order valence-electron chi connectivity index (χ4n) is 2.97. The van der Waals surface area contributed by atoms with Crippen LogP contribution in [0.1, 0.15) is 22.6 Å². The SMILES string of the molecule is COc1cc(C2CNCc3c2ccc(OC)c3O)ccc1O. The molecule has 0 saturated carbocycles. The molecule has 1 aliphatic heterocycles. The van der Waals surface area contributed by atoms with Gasteiger partial charge in [0.1, 0.15) is 0 Å². The number of methoxy groups -OCH3 is 2. The fraction of sp³-hybridized carbons (Fsp3) is 0.294. The number of phenols is 2. The van der Waals surface area contributed by atoms with Gasteiger partial charge in [0, 0.05) is 24.6 Å². The lowest BCUT2D eigenvalue weighted by Gasteiger charge is -2.28. The van der Waals surface area contributed by atoms with Crippen molar-refractivity contribution < 1.29 is 19.7 Å². The van der Waals surface area contributed by atoms with Crippen molar-refractivity contribution >= 4 is 0 Å². The third-order valence-corrected chi connectivity index (χ3v) is 4.13. The van der Waals surface area contributed by atoms with Crippen molar-refractivity contribution in [2.75, 3.05) is 20.8 Å². The average Bonchev–Trinajstić information content (AvgIpc) is 2.55. The molecule has 0 amide bonds. The van der Waals surface area contributed by atoms with Gasteiger partial charge >= 0.3 is 0 Å². The van der Waals surface area contributed by atoms with Crippen LogP contribution in [-0.4, -0.2) is 31.0 Å². The highest BCUT2D eigenvalue weighted by Crippen LogP contribution is 2.40. The minimum absolute atomic E-state index is 0.0788. The molecule has 1 heterocycles. The largest absolute Gasteiger partial charge is 0.504 e. The normalized spacial score (nSPS) is 16.9. The molecule has 0 fully saturated rings. The van der Waals surface area contributed by atoms with Crippen molar-refractivity contribution in [1.29, 1.82) is 0 Å². The summed E-state index contributed by atoms with van der Waals surface area (Å²) < 4.78 is 10.4. The summed E-state index contributed by atoms with van der Waals surface area (Å²) in [5.41, 5.74) is 2.93. The lowest BCUT2D eigenvalue weighted by atomic mass is 9.85. The van der Waals surface area contributed by atoms with Crippen LogP contribution in [0.15, 0.2) is 30.3 Å². The summed E-state index contributed by atoms with van der Waals surface area (Å²) in [6.07, 6.45) is 0. The molecule has 1 aliphatic rings. The van der Waals surface area contributed by atoms with Gasteiger partial charge in [0.2, 0.25) is 0 Å². The number of fused-ring (bicyclic) bond motifs is 1. The highest BCUT2D eigenvalue weighted by Gasteiger charge is 2.26. The summed E-state index contributed by atoms with van der Waals surface area (Å²) in [5, 5.41) is 23.4. The summed E-state index contributed by atoms with van der Waals surface area (Å²) in [4.78, 5) is 0. The maximum Gasteiger partial charge on any atom is 0.162 e. The second-order valence-corrected chi connectivity index (χ2v) is 5.30. The average molecular weight is 301 g/mol. The smallest absolute Gasteiger partial charge is 0.162 e. The van der Waals surface area contributed by atoms with Gasteiger partial charge in [0.05, 0.1) is 14.2 Å². The summed E-state index contributed by atoms with van der Waals surface area (Å²) in [5.74, 6) is 1.30. The van der Waals surface area contributed by atoms with Crippen LogP contribution in [0.2, 0.25) is 0 Å². The molecule has 0 bridgehead atoms. The molecule has 3 N–H and O–H groups in total. The van der Waals surface area contributed by atoms with Gasteiger partial charge in [0.25, 0.3) is 0 Å². The van der Waals surface area contributed by atoms with Crippen LogP contribution in [0.5, 0.6) is 23.0 Å². The van der Waals surface area contributed by atoms with Gasteiger partial charge < -0.3 is 25.0 Å².